The second-order valence-electron chi connectivity index (χ2n) is 57.5. The van der Waals surface area contributed by atoms with Gasteiger partial charge >= 0.3 is 23.9 Å². The number of likely N-dealkylation sites (N-methyl/N-ethyl adjacent to an activating group) is 3. The number of cyclic esters (lactones) is 2. The molecule has 16 fully saturated rings. The van der Waals surface area contributed by atoms with Crippen LogP contribution in [0.15, 0.2) is 33.4 Å². The number of hydrogen-bond donors (Lipinski definition) is 2. The molecule has 0 bridgehead atoms. The van der Waals surface area contributed by atoms with Crippen LogP contribution in [0.5, 0.6) is 0 Å². The minimum atomic E-state index is -1.16. The third-order valence-corrected chi connectivity index (χ3v) is 48.0. The van der Waals surface area contributed by atoms with Crippen molar-refractivity contribution in [3.05, 3.63) is 33.4 Å². The van der Waals surface area contributed by atoms with Crippen molar-refractivity contribution in [2.45, 2.75) is 378 Å². The summed E-state index contributed by atoms with van der Waals surface area (Å²) in [4.78, 5) is 145. The van der Waals surface area contributed by atoms with E-state index in [-0.39, 0.29) is 138 Å². The molecule has 4 heterocycles. The number of Topliss-reactive ketones (excluding diaryl/α,β-unsaturated/α-hetero) is 6. The van der Waals surface area contributed by atoms with E-state index in [0.29, 0.717) is 96.8 Å². The molecule has 0 radical (unpaired) electrons. The number of rotatable bonds is 16. The highest BCUT2D eigenvalue weighted by molar-refractivity contribution is 6.10. The molecule has 0 aromatic carbocycles. The molecule has 19 aliphatic rings. The highest BCUT2D eigenvalue weighted by Gasteiger charge is 2.76. The van der Waals surface area contributed by atoms with Gasteiger partial charge in [0.05, 0.1) is 65.7 Å². The van der Waals surface area contributed by atoms with Crippen LogP contribution in [0.1, 0.15) is 366 Å². The number of nitrogens with zero attached hydrogens (tertiary/aromatic N) is 6. The third-order valence-electron chi connectivity index (χ3n) is 48.0. The molecule has 142 heavy (non-hydrogen) atoms. The molecule has 0 amide bonds. The number of halogens is 1. The number of aliphatic hydroxyl groups is 1. The van der Waals surface area contributed by atoms with E-state index in [2.05, 4.69) is 208 Å². The Morgan fingerprint density at radius 3 is 0.986 bits per heavy atom. The number of piperazine rings is 3. The van der Waals surface area contributed by atoms with Gasteiger partial charge in [0.2, 0.25) is 0 Å². The maximum Gasteiger partial charge on any atom is 0.319 e. The van der Waals surface area contributed by atoms with Crippen molar-refractivity contribution in [3.63, 3.8) is 0 Å². The van der Waals surface area contributed by atoms with E-state index in [1.54, 1.807) is 27.7 Å². The number of ether oxygens (including phenoxy) is 2. The van der Waals surface area contributed by atoms with Gasteiger partial charge in [0.25, 0.3) is 0 Å². The predicted octanol–water partition coefficient (Wildman–Crippen LogP) is 21.7. The standard InChI is InChI=1S/C42H66N2O6.C37H60N2O2.C36H58N2O3.C6H8O3.ClH/c1-26(2)34-28(45)23-42(31(46)25-44-21-19-43(10)20-22-44)18-17-40(8)27(35(34)42)11-12-30-39(7)15-14-32(50-33(47)24-37(3,4)36(48)49)38(5,6)29(39)13-16-41(30,40)9;1-24(2)31-27(40)22-37(30(41)23-39-20-18-38(9)19-21-39)17-16-35(7)26(32(31)37)10-11-29-34(6)14-12-25(3)33(4,5)28(34)13-15-36(29,35)8;1-23(2)30-25(39)21-36(29(41)22-38-19-17-37(8)18-20-38)16-15-34(6)24(31(30)36)9-10-27-33(5)13-12-28(40)32(3,4)26(33)11-14-35(27,34)7;1-6(2)3-4(7)9-5(6)8;/h26-27,29-30,32H,11-25H2,1-10H3,(H,48,49);24-26,28-29H,10-23H2,1-9H3;23-24,26-28,40H,9-22H2,1-8H3;3H2,1-2H3;1H/t27-,29+,30-,32+,39+,40-,41-,42+;25-,26+,28-,29+,34-,35+,36+,37-;24-,26+,27-,28+,33+,34-,35-,36+;;/m101../s1. The minimum absolute atomic E-state index is 0. The average Bonchev–Trinajstić information content (AvgIpc) is 1.24. The zero-order valence-electron chi connectivity index (χ0n) is 94.2. The molecular weight excluding hydrogens is 1800 g/mol. The highest BCUT2D eigenvalue weighted by atomic mass is 35.5. The molecule has 20 nitrogen and oxygen atoms in total. The van der Waals surface area contributed by atoms with Crippen LogP contribution in [0, 0.1) is 169 Å². The maximum absolute atomic E-state index is 14.6. The largest absolute Gasteiger partial charge is 0.481 e. The first-order chi connectivity index (χ1) is 65.4. The van der Waals surface area contributed by atoms with Gasteiger partial charge < -0.3 is 34.4 Å². The van der Waals surface area contributed by atoms with Crippen LogP contribution in [-0.4, -0.2) is 230 Å². The Hall–Kier alpha value is -4.67. The van der Waals surface area contributed by atoms with Gasteiger partial charge in [0.15, 0.2) is 34.7 Å². The Bertz CT molecular complexity index is 4830. The van der Waals surface area contributed by atoms with Gasteiger partial charge in [-0.3, -0.25) is 62.6 Å². The first-order valence-corrected chi connectivity index (χ1v) is 56.9. The summed E-state index contributed by atoms with van der Waals surface area (Å²) in [6.07, 6.45) is 27.0. The van der Waals surface area contributed by atoms with Crippen LogP contribution in [0.3, 0.4) is 0 Å². The van der Waals surface area contributed by atoms with Crippen molar-refractivity contribution >= 4 is 71.0 Å². The lowest BCUT2D eigenvalue weighted by atomic mass is 9.32. The van der Waals surface area contributed by atoms with Crippen LogP contribution < -0.4 is 0 Å². The smallest absolute Gasteiger partial charge is 0.319 e. The summed E-state index contributed by atoms with van der Waals surface area (Å²) < 4.78 is 10.5. The van der Waals surface area contributed by atoms with Gasteiger partial charge in [-0.15, -0.1) is 12.4 Å². The molecule has 4 saturated heterocycles. The number of esters is 3. The topological polar surface area (TPSA) is 249 Å². The highest BCUT2D eigenvalue weighted by Crippen LogP contribution is 2.82. The van der Waals surface area contributed by atoms with Crippen molar-refractivity contribution in [1.29, 1.82) is 0 Å². The fraction of sp³-hybridized carbons (Fsp3) is 0.868. The monoisotopic (exact) mass is 1990 g/mol. The number of carbonyl (C=O) groups excluding carboxylic acids is 9. The molecule has 0 aromatic heterocycles. The molecule has 0 aromatic rings. The number of aliphatic hydroxyl groups excluding tert-OH is 1. The summed E-state index contributed by atoms with van der Waals surface area (Å²) in [5, 5.41) is 20.6. The molecule has 2 N–H and O–H groups in total. The van der Waals surface area contributed by atoms with Crippen molar-refractivity contribution in [2.24, 2.45) is 169 Å². The molecule has 798 valence electrons. The Morgan fingerprint density at radius 1 is 0.380 bits per heavy atom. The van der Waals surface area contributed by atoms with Gasteiger partial charge in [-0.25, -0.2) is 0 Å². The molecule has 24 atom stereocenters. The van der Waals surface area contributed by atoms with Crippen LogP contribution >= 0.6 is 12.4 Å². The minimum Gasteiger partial charge on any atom is -0.481 e. The number of hydrogen-bond acceptors (Lipinski definition) is 19. The molecule has 4 aliphatic heterocycles. The Balaban J connectivity index is 0.000000154. The first-order valence-electron chi connectivity index (χ1n) is 56.9. The zero-order valence-corrected chi connectivity index (χ0v) is 95.0. The van der Waals surface area contributed by atoms with Crippen LogP contribution in [-0.2, 0) is 57.4 Å². The Kier molecular flexibility index (Phi) is 30.3. The van der Waals surface area contributed by atoms with Crippen molar-refractivity contribution < 1.29 is 67.6 Å². The number of carboxylic acids is 1. The van der Waals surface area contributed by atoms with Gasteiger partial charge in [-0.2, -0.15) is 0 Å². The number of carbonyl (C=O) groups is 10. The van der Waals surface area contributed by atoms with Crippen LogP contribution in [0.25, 0.3) is 0 Å². The van der Waals surface area contributed by atoms with Gasteiger partial charge in [-0.05, 0) is 373 Å². The fourth-order valence-corrected chi connectivity index (χ4v) is 38.7. The summed E-state index contributed by atoms with van der Waals surface area (Å²) >= 11 is 0. The molecular formula is C121H193ClN6O14. The van der Waals surface area contributed by atoms with Crippen LogP contribution in [0.4, 0.5) is 0 Å². The van der Waals surface area contributed by atoms with Crippen molar-refractivity contribution in [3.8, 4) is 0 Å². The van der Waals surface area contributed by atoms with E-state index in [1.165, 1.54) is 68.1 Å². The molecule has 12 saturated carbocycles. The Labute approximate surface area is 863 Å². The number of fused-ring (bicyclic) bond motifs is 21. The lowest BCUT2D eigenvalue weighted by molar-refractivity contribution is -0.233. The predicted molar refractivity (Wildman–Crippen MR) is 563 cm³/mol. The van der Waals surface area contributed by atoms with Crippen LogP contribution in [0.2, 0.25) is 0 Å². The number of allylic oxidation sites excluding steroid dienone is 6. The van der Waals surface area contributed by atoms with E-state index in [4.69, 9.17) is 4.74 Å². The average molecular weight is 1990 g/mol. The third kappa shape index (κ3) is 17.5. The lowest BCUT2D eigenvalue weighted by Crippen LogP contribution is -2.66. The zero-order chi connectivity index (χ0) is 103. The SMILES string of the molecule is CC(C)C1=C2[C@H]3CC[C@@H]4[C@@]5(C)CC[C@H](C)C(C)(C)[C@@H]5CC[C@@]4(C)[C@]3(C)CC[C@@]2(C(=O)CN2CCN(C)CC2)CC1=O.CC(C)C1=C2[C@H]3CC[C@@H]4[C@@]5(C)CC[C@H](O)C(C)(C)[C@@H]5CC[C@@]4(C)[C@]3(C)CC[C@@]2(C(=O)CN2CCN(C)CC2)CC1=O.CC(C)C1=C2[C@H]3CC[C@@H]4[C@@]5(C)CC[C@H](OC(=O)CC(C)(C)C(=O)O)C(C)(C)[C@@H]5CC[C@@]4(C)[C@]3(C)CC[C@@]2(C(=O)CN2CCN(C)CC2)CC1=O.CC1(C)CC(=O)OC1=O.Cl. The normalized spacial score (nSPS) is 42.7. The molecule has 0 unspecified atom stereocenters. The lowest BCUT2D eigenvalue weighted by Gasteiger charge is -2.72. The van der Waals surface area contributed by atoms with Gasteiger partial charge in [0.1, 0.15) is 6.10 Å². The summed E-state index contributed by atoms with van der Waals surface area (Å²) in [6.45, 7) is 72.9. The van der Waals surface area contributed by atoms with E-state index in [1.807, 2.05) is 0 Å². The first kappa shape index (κ1) is 111. The van der Waals surface area contributed by atoms with Crippen molar-refractivity contribution in [2.75, 3.05) is 119 Å². The number of aliphatic carboxylic acids is 1. The second-order valence-corrected chi connectivity index (χ2v) is 57.5. The maximum atomic E-state index is 14.6. The quantitative estimate of drug-likeness (QED) is 0.108. The molecule has 15 aliphatic carbocycles. The number of carboxylic acid groups (broad SMARTS) is 1. The molecule has 19 rings (SSSR count). The second kappa shape index (κ2) is 38.6. The fourth-order valence-electron chi connectivity index (χ4n) is 38.7. The summed E-state index contributed by atoms with van der Waals surface area (Å²) in [5.74, 6) is 5.25. The van der Waals surface area contributed by atoms with E-state index in [0.717, 1.165) is 216 Å². The van der Waals surface area contributed by atoms with E-state index < -0.39 is 51.0 Å². The van der Waals surface area contributed by atoms with Crippen molar-refractivity contribution in [1.82, 2.24) is 29.4 Å². The summed E-state index contributed by atoms with van der Waals surface area (Å²) in [6, 6.07) is 0. The summed E-state index contributed by atoms with van der Waals surface area (Å²) in [5.41, 5.74) is 4.94. The molecule has 21 heteroatoms. The van der Waals surface area contributed by atoms with E-state index in [9.17, 15) is 58.2 Å². The summed E-state index contributed by atoms with van der Waals surface area (Å²) in [7, 11) is 6.47. The van der Waals surface area contributed by atoms with E-state index >= 15 is 0 Å². The Morgan fingerprint density at radius 2 is 0.690 bits per heavy atom. The van der Waals surface area contributed by atoms with Gasteiger partial charge in [0, 0.05) is 103 Å². The van der Waals surface area contributed by atoms with Gasteiger partial charge in [-0.1, -0.05) is 152 Å². The number of ketones is 6. The molecule has 0 spiro atoms.